The lowest BCUT2D eigenvalue weighted by Gasteiger charge is -2.32. The van der Waals surface area contributed by atoms with Gasteiger partial charge in [-0.15, -0.1) is 0 Å². The van der Waals surface area contributed by atoms with Crippen molar-refractivity contribution in [2.75, 3.05) is 19.6 Å². The maximum atomic E-state index is 12.5. The fourth-order valence-corrected chi connectivity index (χ4v) is 5.18. The van der Waals surface area contributed by atoms with Gasteiger partial charge in [0.25, 0.3) is 0 Å². The molecule has 0 saturated carbocycles. The number of phenols is 3. The van der Waals surface area contributed by atoms with E-state index in [2.05, 4.69) is 14.9 Å². The SMILES string of the molecule is Bc1c(O)c(O)c2[nH]c(=O)n(CCCN3CCC(n4c(=O)[nH]c5cc(Cl)ccc54)CC3)c2c1O. The Balaban J connectivity index is 1.25. The number of likely N-dealkylation sites (tertiary alicyclic amines) is 1. The lowest BCUT2D eigenvalue weighted by Crippen LogP contribution is -2.37. The van der Waals surface area contributed by atoms with E-state index in [-0.39, 0.29) is 34.0 Å². The zero-order valence-electron chi connectivity index (χ0n) is 18.6. The fourth-order valence-electron chi connectivity index (χ4n) is 5.01. The molecule has 1 aliphatic heterocycles. The number of piperidine rings is 1. The van der Waals surface area contributed by atoms with Crippen molar-refractivity contribution < 1.29 is 15.3 Å². The Hall–Kier alpha value is -3.31. The number of rotatable bonds is 5. The minimum absolute atomic E-state index is 0.0249. The molecule has 1 saturated heterocycles. The molecule has 0 spiro atoms. The van der Waals surface area contributed by atoms with Crippen molar-refractivity contribution in [3.63, 3.8) is 0 Å². The van der Waals surface area contributed by atoms with Gasteiger partial charge < -0.3 is 30.2 Å². The monoisotopic (exact) mass is 485 g/mol. The predicted molar refractivity (Wildman–Crippen MR) is 133 cm³/mol. The number of nitrogens with zero attached hydrogens (tertiary/aromatic N) is 3. The molecular weight excluding hydrogens is 461 g/mol. The van der Waals surface area contributed by atoms with E-state index < -0.39 is 17.2 Å². The van der Waals surface area contributed by atoms with Crippen LogP contribution in [0.1, 0.15) is 25.3 Å². The Kier molecular flexibility index (Phi) is 5.61. The molecule has 34 heavy (non-hydrogen) atoms. The number of halogens is 1. The Morgan fingerprint density at radius 3 is 2.47 bits per heavy atom. The number of aromatic nitrogens is 4. The molecule has 178 valence electrons. The summed E-state index contributed by atoms with van der Waals surface area (Å²) in [4.78, 5) is 32.7. The van der Waals surface area contributed by atoms with Crippen LogP contribution in [0.25, 0.3) is 22.1 Å². The quantitative estimate of drug-likeness (QED) is 0.160. The van der Waals surface area contributed by atoms with Crippen LogP contribution in [0.3, 0.4) is 0 Å². The highest BCUT2D eigenvalue weighted by molar-refractivity contribution is 6.38. The zero-order valence-corrected chi connectivity index (χ0v) is 19.4. The first-order valence-corrected chi connectivity index (χ1v) is 11.6. The maximum absolute atomic E-state index is 12.5. The molecule has 2 aromatic heterocycles. The highest BCUT2D eigenvalue weighted by Crippen LogP contribution is 2.35. The number of aromatic amines is 2. The summed E-state index contributed by atoms with van der Waals surface area (Å²) in [7, 11) is 1.48. The summed E-state index contributed by atoms with van der Waals surface area (Å²) in [5.41, 5.74) is 1.35. The third kappa shape index (κ3) is 3.65. The number of H-pyrrole nitrogens is 2. The van der Waals surface area contributed by atoms with Crippen molar-refractivity contribution in [3.05, 3.63) is 44.2 Å². The number of aromatic hydroxyl groups is 3. The van der Waals surface area contributed by atoms with Crippen LogP contribution in [-0.2, 0) is 6.54 Å². The second-order valence-electron chi connectivity index (χ2n) is 8.86. The standard InChI is InChI=1S/C22H25BClN5O5/c23-15-18(30)17-16(20(32)19(15)31)26-21(33)28(17)7-1-6-27-8-4-12(5-9-27)29-14-3-2-11(24)10-13(14)25-22(29)34/h2-3,10,12,30-32H,1,4-9,23H2,(H,25,34)(H,26,33). The number of hydrogen-bond donors (Lipinski definition) is 5. The molecule has 12 heteroatoms. The van der Waals surface area contributed by atoms with Gasteiger partial charge in [-0.3, -0.25) is 9.13 Å². The van der Waals surface area contributed by atoms with Crippen LogP contribution in [0.4, 0.5) is 0 Å². The summed E-state index contributed by atoms with van der Waals surface area (Å²) in [6, 6.07) is 5.52. The third-order valence-corrected chi connectivity index (χ3v) is 7.07. The van der Waals surface area contributed by atoms with Crippen LogP contribution in [0, 0.1) is 0 Å². The van der Waals surface area contributed by atoms with Crippen LogP contribution in [0.2, 0.25) is 5.02 Å². The number of aryl methyl sites for hydroxylation is 1. The number of imidazole rings is 2. The van der Waals surface area contributed by atoms with Gasteiger partial charge in [0.2, 0.25) is 0 Å². The number of phenolic OH excluding ortho intramolecular Hbond substituents is 3. The average molecular weight is 486 g/mol. The summed E-state index contributed by atoms with van der Waals surface area (Å²) in [6.07, 6.45) is 2.31. The van der Waals surface area contributed by atoms with E-state index in [0.717, 1.165) is 43.5 Å². The maximum Gasteiger partial charge on any atom is 0.326 e. The first-order chi connectivity index (χ1) is 16.3. The lowest BCUT2D eigenvalue weighted by molar-refractivity contribution is 0.183. The molecule has 10 nitrogen and oxygen atoms in total. The molecule has 1 aliphatic rings. The van der Waals surface area contributed by atoms with Gasteiger partial charge in [-0.1, -0.05) is 11.6 Å². The van der Waals surface area contributed by atoms with E-state index >= 15 is 0 Å². The van der Waals surface area contributed by atoms with E-state index in [1.807, 2.05) is 10.6 Å². The van der Waals surface area contributed by atoms with Crippen molar-refractivity contribution in [3.8, 4) is 17.2 Å². The van der Waals surface area contributed by atoms with Crippen LogP contribution in [-0.4, -0.2) is 66.8 Å². The molecule has 0 unspecified atom stereocenters. The van der Waals surface area contributed by atoms with Gasteiger partial charge in [0.05, 0.1) is 11.0 Å². The van der Waals surface area contributed by atoms with E-state index in [9.17, 15) is 24.9 Å². The number of benzene rings is 2. The first kappa shape index (κ1) is 22.5. The molecule has 5 rings (SSSR count). The minimum Gasteiger partial charge on any atom is -0.506 e. The van der Waals surface area contributed by atoms with Crippen molar-refractivity contribution >= 4 is 47.0 Å². The van der Waals surface area contributed by atoms with E-state index in [1.165, 1.54) is 12.4 Å². The van der Waals surface area contributed by atoms with Crippen LogP contribution in [0.5, 0.6) is 17.2 Å². The van der Waals surface area contributed by atoms with Gasteiger partial charge in [-0.05, 0) is 49.5 Å². The second kappa shape index (κ2) is 8.48. The predicted octanol–water partition coefficient (Wildman–Crippen LogP) is 0.728. The van der Waals surface area contributed by atoms with Crippen LogP contribution < -0.4 is 16.8 Å². The summed E-state index contributed by atoms with van der Waals surface area (Å²) < 4.78 is 3.21. The van der Waals surface area contributed by atoms with Crippen LogP contribution >= 0.6 is 11.6 Å². The number of hydrogen-bond acceptors (Lipinski definition) is 6. The van der Waals surface area contributed by atoms with Crippen molar-refractivity contribution in [1.29, 1.82) is 0 Å². The smallest absolute Gasteiger partial charge is 0.326 e. The summed E-state index contributed by atoms with van der Waals surface area (Å²) in [5.74, 6) is -1.12. The fraction of sp³-hybridized carbons (Fsp3) is 0.364. The topological polar surface area (TPSA) is 140 Å². The molecule has 0 bridgehead atoms. The third-order valence-electron chi connectivity index (χ3n) is 6.84. The zero-order chi connectivity index (χ0) is 24.1. The van der Waals surface area contributed by atoms with Crippen LogP contribution in [0.15, 0.2) is 27.8 Å². The molecule has 5 N–H and O–H groups in total. The Morgan fingerprint density at radius 1 is 1.00 bits per heavy atom. The molecule has 0 aliphatic carbocycles. The number of nitrogens with one attached hydrogen (secondary N) is 2. The highest BCUT2D eigenvalue weighted by atomic mass is 35.5. The van der Waals surface area contributed by atoms with Crippen molar-refractivity contribution in [2.24, 2.45) is 0 Å². The second-order valence-corrected chi connectivity index (χ2v) is 9.30. The molecule has 0 atom stereocenters. The van der Waals surface area contributed by atoms with Crippen molar-refractivity contribution in [2.45, 2.75) is 31.8 Å². The molecule has 0 radical (unpaired) electrons. The molecule has 2 aromatic carbocycles. The summed E-state index contributed by atoms with van der Waals surface area (Å²) >= 11 is 6.04. The number of fused-ring (bicyclic) bond motifs is 2. The first-order valence-electron chi connectivity index (χ1n) is 11.2. The van der Waals surface area contributed by atoms with Gasteiger partial charge in [0, 0.05) is 30.7 Å². The van der Waals surface area contributed by atoms with Gasteiger partial charge in [0.15, 0.2) is 11.5 Å². The Morgan fingerprint density at radius 2 is 1.74 bits per heavy atom. The minimum atomic E-state index is -0.455. The van der Waals surface area contributed by atoms with Gasteiger partial charge in [0.1, 0.15) is 24.6 Å². The molecule has 4 aromatic rings. The molecule has 1 fully saturated rings. The van der Waals surface area contributed by atoms with E-state index in [0.29, 0.717) is 18.0 Å². The largest absolute Gasteiger partial charge is 0.506 e. The molecule has 0 amide bonds. The van der Waals surface area contributed by atoms with E-state index in [4.69, 9.17) is 11.6 Å². The molecular formula is C22H25BClN5O5. The normalized spacial score (nSPS) is 15.6. The van der Waals surface area contributed by atoms with Gasteiger partial charge >= 0.3 is 11.4 Å². The lowest BCUT2D eigenvalue weighted by atomic mass is 9.92. The summed E-state index contributed by atoms with van der Waals surface area (Å²) in [5, 5.41) is 31.1. The highest BCUT2D eigenvalue weighted by Gasteiger charge is 2.24. The van der Waals surface area contributed by atoms with Crippen molar-refractivity contribution in [1.82, 2.24) is 24.0 Å². The Bertz CT molecular complexity index is 1510. The Labute approximate surface area is 199 Å². The summed E-state index contributed by atoms with van der Waals surface area (Å²) in [6.45, 7) is 2.73. The van der Waals surface area contributed by atoms with E-state index in [1.54, 1.807) is 12.1 Å². The average Bonchev–Trinajstić information content (AvgIpc) is 3.32. The van der Waals surface area contributed by atoms with Gasteiger partial charge in [-0.2, -0.15) is 0 Å². The van der Waals surface area contributed by atoms with Gasteiger partial charge in [-0.25, -0.2) is 9.59 Å². The molecule has 3 heterocycles.